The van der Waals surface area contributed by atoms with Gasteiger partial charge in [-0.25, -0.2) is 0 Å². The van der Waals surface area contributed by atoms with E-state index in [4.69, 9.17) is 9.47 Å². The van der Waals surface area contributed by atoms with Crippen LogP contribution in [0.2, 0.25) is 0 Å². The summed E-state index contributed by atoms with van der Waals surface area (Å²) in [6, 6.07) is 14.7. The summed E-state index contributed by atoms with van der Waals surface area (Å²) in [4.78, 5) is 12.2. The average molecular weight is 268 g/mol. The number of carbonyl (C=O) groups excluding carboxylic acids is 1. The Balaban J connectivity index is 2.25. The van der Waals surface area contributed by atoms with Gasteiger partial charge in [0, 0.05) is 5.56 Å². The highest BCUT2D eigenvalue weighted by Gasteiger charge is 2.08. The molecular weight excluding hydrogens is 252 g/mol. The molecule has 102 valence electrons. The maximum absolute atomic E-state index is 12.2. The monoisotopic (exact) mass is 268 g/mol. The summed E-state index contributed by atoms with van der Waals surface area (Å²) in [7, 11) is 3.16. The van der Waals surface area contributed by atoms with Crippen LogP contribution in [0.4, 0.5) is 0 Å². The topological polar surface area (TPSA) is 35.5 Å². The number of carbonyl (C=O) groups is 1. The molecule has 0 N–H and O–H groups in total. The fourth-order valence-corrected chi connectivity index (χ4v) is 1.91. The van der Waals surface area contributed by atoms with Crippen molar-refractivity contribution in [3.63, 3.8) is 0 Å². The molecule has 0 aliphatic carbocycles. The van der Waals surface area contributed by atoms with E-state index in [0.29, 0.717) is 11.3 Å². The smallest absolute Gasteiger partial charge is 0.189 e. The fourth-order valence-electron chi connectivity index (χ4n) is 1.91. The molecule has 2 aromatic carbocycles. The molecule has 3 heteroatoms. The Kier molecular flexibility index (Phi) is 4.56. The lowest BCUT2D eigenvalue weighted by Gasteiger charge is -2.05. The van der Waals surface area contributed by atoms with Crippen LogP contribution in [0.5, 0.6) is 11.5 Å². The second-order valence-corrected chi connectivity index (χ2v) is 4.14. The number of ether oxygens (including phenoxy) is 2. The lowest BCUT2D eigenvalue weighted by atomic mass is 10.1. The van der Waals surface area contributed by atoms with E-state index in [-0.39, 0.29) is 5.78 Å². The normalized spacial score (nSPS) is 10.5. The molecule has 0 heterocycles. The molecule has 0 saturated heterocycles. The number of hydrogen-bond acceptors (Lipinski definition) is 3. The van der Waals surface area contributed by atoms with Gasteiger partial charge >= 0.3 is 0 Å². The van der Waals surface area contributed by atoms with Crippen molar-refractivity contribution in [1.29, 1.82) is 0 Å². The summed E-state index contributed by atoms with van der Waals surface area (Å²) in [6.07, 6.45) is 3.27. The van der Waals surface area contributed by atoms with Crippen LogP contribution in [0.1, 0.15) is 15.9 Å². The summed E-state index contributed by atoms with van der Waals surface area (Å²) < 4.78 is 10.4. The molecule has 0 aromatic heterocycles. The van der Waals surface area contributed by atoms with Crippen LogP contribution in [-0.4, -0.2) is 20.0 Å². The first kappa shape index (κ1) is 13.9. The minimum Gasteiger partial charge on any atom is -0.496 e. The van der Waals surface area contributed by atoms with Crippen molar-refractivity contribution < 1.29 is 14.3 Å². The zero-order valence-electron chi connectivity index (χ0n) is 11.5. The molecule has 0 amide bonds. The van der Waals surface area contributed by atoms with Gasteiger partial charge in [-0.2, -0.15) is 0 Å². The maximum Gasteiger partial charge on any atom is 0.189 e. The molecular formula is C17H16O3. The van der Waals surface area contributed by atoms with Crippen LogP contribution in [0, 0.1) is 0 Å². The van der Waals surface area contributed by atoms with Crippen molar-refractivity contribution in [3.8, 4) is 11.5 Å². The van der Waals surface area contributed by atoms with Crippen LogP contribution < -0.4 is 9.47 Å². The Hall–Kier alpha value is -2.55. The number of benzene rings is 2. The zero-order valence-corrected chi connectivity index (χ0v) is 11.5. The van der Waals surface area contributed by atoms with E-state index in [1.54, 1.807) is 32.4 Å². The first-order valence-electron chi connectivity index (χ1n) is 6.24. The van der Waals surface area contributed by atoms with E-state index in [0.717, 1.165) is 11.3 Å². The lowest BCUT2D eigenvalue weighted by Crippen LogP contribution is -1.98. The molecule has 0 fully saturated rings. The van der Waals surface area contributed by atoms with Crippen molar-refractivity contribution in [3.05, 3.63) is 65.7 Å². The van der Waals surface area contributed by atoms with Crippen LogP contribution in [-0.2, 0) is 0 Å². The number of rotatable bonds is 5. The summed E-state index contributed by atoms with van der Waals surface area (Å²) in [5.41, 5.74) is 1.40. The van der Waals surface area contributed by atoms with E-state index in [1.807, 2.05) is 36.4 Å². The maximum atomic E-state index is 12.2. The summed E-state index contributed by atoms with van der Waals surface area (Å²) in [6.45, 7) is 0. The largest absolute Gasteiger partial charge is 0.496 e. The van der Waals surface area contributed by atoms with Gasteiger partial charge in [0.15, 0.2) is 5.78 Å². The van der Waals surface area contributed by atoms with E-state index in [1.165, 1.54) is 6.08 Å². The number of ketones is 1. The molecule has 0 aliphatic rings. The summed E-state index contributed by atoms with van der Waals surface area (Å²) in [5.74, 6) is 1.20. The fraction of sp³-hybridized carbons (Fsp3) is 0.118. The highest BCUT2D eigenvalue weighted by molar-refractivity contribution is 6.08. The Morgan fingerprint density at radius 1 is 0.900 bits per heavy atom. The van der Waals surface area contributed by atoms with Gasteiger partial charge in [0.25, 0.3) is 0 Å². The number of allylic oxidation sites excluding steroid dienone is 1. The molecule has 2 rings (SSSR count). The Morgan fingerprint density at radius 2 is 1.50 bits per heavy atom. The molecule has 0 saturated carbocycles. The minimum absolute atomic E-state index is 0.103. The van der Waals surface area contributed by atoms with E-state index in [9.17, 15) is 4.79 Å². The molecule has 0 unspecified atom stereocenters. The predicted molar refractivity (Wildman–Crippen MR) is 79.4 cm³/mol. The first-order valence-corrected chi connectivity index (χ1v) is 6.24. The van der Waals surface area contributed by atoms with Gasteiger partial charge in [-0.15, -0.1) is 0 Å². The van der Waals surface area contributed by atoms with E-state index >= 15 is 0 Å². The molecule has 0 atom stereocenters. The predicted octanol–water partition coefficient (Wildman–Crippen LogP) is 3.60. The van der Waals surface area contributed by atoms with Gasteiger partial charge in [-0.1, -0.05) is 30.3 Å². The molecule has 2 aromatic rings. The van der Waals surface area contributed by atoms with Gasteiger partial charge in [-0.3, -0.25) is 4.79 Å². The van der Waals surface area contributed by atoms with Crippen LogP contribution in [0.3, 0.4) is 0 Å². The van der Waals surface area contributed by atoms with Crippen LogP contribution in [0.15, 0.2) is 54.6 Å². The highest BCUT2D eigenvalue weighted by atomic mass is 16.5. The Bertz CT molecular complexity index is 630. The molecule has 0 aliphatic heterocycles. The van der Waals surface area contributed by atoms with Gasteiger partial charge in [0.1, 0.15) is 11.5 Å². The van der Waals surface area contributed by atoms with Crippen LogP contribution >= 0.6 is 0 Å². The highest BCUT2D eigenvalue weighted by Crippen LogP contribution is 2.21. The summed E-state index contributed by atoms with van der Waals surface area (Å²) in [5, 5.41) is 0. The molecule has 20 heavy (non-hydrogen) atoms. The van der Waals surface area contributed by atoms with Gasteiger partial charge < -0.3 is 9.47 Å². The number of hydrogen-bond donors (Lipinski definition) is 0. The number of para-hydroxylation sites is 2. The minimum atomic E-state index is -0.103. The second kappa shape index (κ2) is 6.57. The van der Waals surface area contributed by atoms with Crippen molar-refractivity contribution in [1.82, 2.24) is 0 Å². The Morgan fingerprint density at radius 3 is 2.20 bits per heavy atom. The molecule has 3 nitrogen and oxygen atoms in total. The lowest BCUT2D eigenvalue weighted by molar-refractivity contribution is 0.104. The number of methoxy groups -OCH3 is 2. The standard InChI is InChI=1S/C17H16O3/c1-19-16-9-5-3-7-13(16)11-12-15(18)14-8-4-6-10-17(14)20-2/h3-12H,1-2H3. The Labute approximate surface area is 118 Å². The average Bonchev–Trinajstić information content (AvgIpc) is 2.52. The quantitative estimate of drug-likeness (QED) is 0.614. The zero-order chi connectivity index (χ0) is 14.4. The van der Waals surface area contributed by atoms with Crippen LogP contribution in [0.25, 0.3) is 6.08 Å². The third-order valence-electron chi connectivity index (χ3n) is 2.93. The van der Waals surface area contributed by atoms with E-state index in [2.05, 4.69) is 0 Å². The first-order chi connectivity index (χ1) is 9.76. The van der Waals surface area contributed by atoms with Crippen molar-refractivity contribution in [2.45, 2.75) is 0 Å². The van der Waals surface area contributed by atoms with Crippen molar-refractivity contribution >= 4 is 11.9 Å². The molecule has 0 spiro atoms. The van der Waals surface area contributed by atoms with E-state index < -0.39 is 0 Å². The summed E-state index contributed by atoms with van der Waals surface area (Å²) >= 11 is 0. The van der Waals surface area contributed by atoms with Crippen molar-refractivity contribution in [2.24, 2.45) is 0 Å². The third-order valence-corrected chi connectivity index (χ3v) is 2.93. The SMILES string of the molecule is COc1ccccc1C=CC(=O)c1ccccc1OC. The van der Waals surface area contributed by atoms with Gasteiger partial charge in [-0.05, 0) is 30.4 Å². The van der Waals surface area contributed by atoms with Crippen molar-refractivity contribution in [2.75, 3.05) is 14.2 Å². The third kappa shape index (κ3) is 3.06. The second-order valence-electron chi connectivity index (χ2n) is 4.14. The molecule has 0 bridgehead atoms. The molecule has 0 radical (unpaired) electrons. The van der Waals surface area contributed by atoms with Gasteiger partial charge in [0.05, 0.1) is 19.8 Å². The van der Waals surface area contributed by atoms with Gasteiger partial charge in [0.2, 0.25) is 0 Å².